The summed E-state index contributed by atoms with van der Waals surface area (Å²) in [7, 11) is 0. The highest BCUT2D eigenvalue weighted by Gasteiger charge is 2.32. The van der Waals surface area contributed by atoms with Crippen LogP contribution in [-0.2, 0) is 4.79 Å². The minimum absolute atomic E-state index is 0.190. The van der Waals surface area contributed by atoms with Gasteiger partial charge in [-0.1, -0.05) is 12.2 Å². The molecule has 1 amide bonds. The number of carbonyl (C=O) groups is 1. The van der Waals surface area contributed by atoms with Crippen LogP contribution in [0.5, 0.6) is 0 Å². The molecule has 0 aromatic carbocycles. The van der Waals surface area contributed by atoms with Gasteiger partial charge in [-0.25, -0.2) is 0 Å². The number of amides is 1. The molecule has 72 valence electrons. The monoisotopic (exact) mass is 180 g/mol. The fourth-order valence-corrected chi connectivity index (χ4v) is 1.93. The maximum atomic E-state index is 11.5. The lowest BCUT2D eigenvalue weighted by atomic mass is 9.80. The molecule has 0 aromatic heterocycles. The third-order valence-electron chi connectivity index (χ3n) is 2.90. The van der Waals surface area contributed by atoms with E-state index in [9.17, 15) is 4.79 Å². The summed E-state index contributed by atoms with van der Waals surface area (Å²) in [5.74, 6) is 0.394. The maximum absolute atomic E-state index is 11.5. The van der Waals surface area contributed by atoms with Gasteiger partial charge < -0.3 is 11.1 Å². The molecule has 0 radical (unpaired) electrons. The summed E-state index contributed by atoms with van der Waals surface area (Å²) in [4.78, 5) is 11.5. The Morgan fingerprint density at radius 3 is 2.46 bits per heavy atom. The highest BCUT2D eigenvalue weighted by molar-refractivity contribution is 5.80. The molecule has 0 atom stereocenters. The molecule has 3 N–H and O–H groups in total. The average molecular weight is 180 g/mol. The van der Waals surface area contributed by atoms with Crippen LogP contribution in [0.15, 0.2) is 12.2 Å². The van der Waals surface area contributed by atoms with Crippen molar-refractivity contribution in [2.75, 3.05) is 0 Å². The molecule has 0 unspecified atom stereocenters. The summed E-state index contributed by atoms with van der Waals surface area (Å²) in [6, 6.07) is 0.613. The first-order valence-electron chi connectivity index (χ1n) is 4.96. The van der Waals surface area contributed by atoms with Gasteiger partial charge in [-0.15, -0.1) is 0 Å². The second-order valence-corrected chi connectivity index (χ2v) is 4.08. The van der Waals surface area contributed by atoms with Crippen molar-refractivity contribution in [2.24, 2.45) is 11.7 Å². The molecule has 2 aliphatic carbocycles. The first kappa shape index (κ1) is 8.75. The van der Waals surface area contributed by atoms with E-state index in [0.717, 1.165) is 25.7 Å². The standard InChI is InChI=1S/C10H16N2O/c11-8-5-7(6-8)10(13)12-9-3-1-2-4-9/h1-2,7-9H,3-6,11H2,(H,12,13). The SMILES string of the molecule is NC1CC(C(=O)NC2CC=CC2)C1. The van der Waals surface area contributed by atoms with E-state index in [4.69, 9.17) is 5.73 Å². The van der Waals surface area contributed by atoms with Gasteiger partial charge in [0.05, 0.1) is 0 Å². The molecule has 3 heteroatoms. The van der Waals surface area contributed by atoms with Gasteiger partial charge in [0.2, 0.25) is 5.91 Å². The summed E-state index contributed by atoms with van der Waals surface area (Å²) < 4.78 is 0. The van der Waals surface area contributed by atoms with Gasteiger partial charge in [-0.3, -0.25) is 4.79 Å². The quantitative estimate of drug-likeness (QED) is 0.610. The van der Waals surface area contributed by atoms with E-state index >= 15 is 0 Å². The van der Waals surface area contributed by atoms with Crippen LogP contribution in [0.2, 0.25) is 0 Å². The molecule has 3 nitrogen and oxygen atoms in total. The predicted octanol–water partition coefficient (Wildman–Crippen LogP) is 0.558. The molecule has 0 saturated heterocycles. The van der Waals surface area contributed by atoms with Gasteiger partial charge in [0.1, 0.15) is 0 Å². The van der Waals surface area contributed by atoms with E-state index in [1.165, 1.54) is 0 Å². The predicted molar refractivity (Wildman–Crippen MR) is 51.0 cm³/mol. The number of carbonyl (C=O) groups excluding carboxylic acids is 1. The van der Waals surface area contributed by atoms with Crippen LogP contribution in [0.4, 0.5) is 0 Å². The Balaban J connectivity index is 1.72. The Morgan fingerprint density at radius 1 is 1.31 bits per heavy atom. The molecule has 0 heterocycles. The van der Waals surface area contributed by atoms with Gasteiger partial charge in [0.15, 0.2) is 0 Å². The summed E-state index contributed by atoms with van der Waals surface area (Å²) in [5.41, 5.74) is 5.62. The number of nitrogens with one attached hydrogen (secondary N) is 1. The minimum atomic E-state index is 0.190. The van der Waals surface area contributed by atoms with E-state index in [0.29, 0.717) is 6.04 Å². The van der Waals surface area contributed by atoms with Crippen LogP contribution in [-0.4, -0.2) is 18.0 Å². The van der Waals surface area contributed by atoms with Crippen molar-refractivity contribution in [1.82, 2.24) is 5.32 Å². The third kappa shape index (κ3) is 1.91. The molecule has 13 heavy (non-hydrogen) atoms. The van der Waals surface area contributed by atoms with Gasteiger partial charge in [-0.2, -0.15) is 0 Å². The van der Waals surface area contributed by atoms with Gasteiger partial charge in [0, 0.05) is 18.0 Å². The zero-order chi connectivity index (χ0) is 9.26. The first-order valence-corrected chi connectivity index (χ1v) is 4.96. The molecule has 0 aliphatic heterocycles. The van der Waals surface area contributed by atoms with Crippen LogP contribution in [0, 0.1) is 5.92 Å². The van der Waals surface area contributed by atoms with Crippen LogP contribution in [0.3, 0.4) is 0 Å². The number of hydrogen-bond acceptors (Lipinski definition) is 2. The lowest BCUT2D eigenvalue weighted by Crippen LogP contribution is -2.47. The van der Waals surface area contributed by atoms with Crippen molar-refractivity contribution < 1.29 is 4.79 Å². The average Bonchev–Trinajstić information content (AvgIpc) is 2.51. The fourth-order valence-electron chi connectivity index (χ4n) is 1.93. The van der Waals surface area contributed by atoms with Crippen molar-refractivity contribution in [1.29, 1.82) is 0 Å². The normalized spacial score (nSPS) is 33.0. The fraction of sp³-hybridized carbons (Fsp3) is 0.700. The second kappa shape index (κ2) is 3.50. The summed E-state index contributed by atoms with van der Waals surface area (Å²) in [6.45, 7) is 0. The molecule has 2 rings (SSSR count). The number of nitrogens with two attached hydrogens (primary N) is 1. The largest absolute Gasteiger partial charge is 0.353 e. The Hall–Kier alpha value is -0.830. The van der Waals surface area contributed by atoms with Crippen LogP contribution >= 0.6 is 0 Å². The maximum Gasteiger partial charge on any atom is 0.223 e. The van der Waals surface area contributed by atoms with Crippen LogP contribution in [0.25, 0.3) is 0 Å². The van der Waals surface area contributed by atoms with E-state index in [2.05, 4.69) is 17.5 Å². The number of rotatable bonds is 2. The topological polar surface area (TPSA) is 55.1 Å². The highest BCUT2D eigenvalue weighted by Crippen LogP contribution is 2.26. The van der Waals surface area contributed by atoms with Crippen molar-refractivity contribution in [3.05, 3.63) is 12.2 Å². The van der Waals surface area contributed by atoms with Crippen LogP contribution in [0.1, 0.15) is 25.7 Å². The third-order valence-corrected chi connectivity index (χ3v) is 2.90. The zero-order valence-corrected chi connectivity index (χ0v) is 7.70. The van der Waals surface area contributed by atoms with E-state index in [1.54, 1.807) is 0 Å². The summed E-state index contributed by atoms with van der Waals surface area (Å²) in [6.07, 6.45) is 7.96. The van der Waals surface area contributed by atoms with Crippen molar-refractivity contribution in [2.45, 2.75) is 37.8 Å². The van der Waals surface area contributed by atoms with E-state index in [1.807, 2.05) is 0 Å². The molecule has 0 spiro atoms. The first-order chi connectivity index (χ1) is 6.25. The molecular formula is C10H16N2O. The Kier molecular flexibility index (Phi) is 2.36. The van der Waals surface area contributed by atoms with Gasteiger partial charge in [0.25, 0.3) is 0 Å². The van der Waals surface area contributed by atoms with Crippen molar-refractivity contribution in [3.8, 4) is 0 Å². The molecule has 0 aromatic rings. The Morgan fingerprint density at radius 2 is 1.92 bits per heavy atom. The van der Waals surface area contributed by atoms with Crippen molar-refractivity contribution >= 4 is 5.91 Å². The molecule has 1 fully saturated rings. The number of hydrogen-bond donors (Lipinski definition) is 2. The lowest BCUT2D eigenvalue weighted by molar-refractivity contribution is -0.128. The summed E-state index contributed by atoms with van der Waals surface area (Å²) >= 11 is 0. The smallest absolute Gasteiger partial charge is 0.223 e. The van der Waals surface area contributed by atoms with E-state index in [-0.39, 0.29) is 17.9 Å². The Bertz CT molecular complexity index is 223. The van der Waals surface area contributed by atoms with E-state index < -0.39 is 0 Å². The molecule has 1 saturated carbocycles. The van der Waals surface area contributed by atoms with Gasteiger partial charge >= 0.3 is 0 Å². The van der Waals surface area contributed by atoms with Crippen LogP contribution < -0.4 is 11.1 Å². The van der Waals surface area contributed by atoms with Gasteiger partial charge in [-0.05, 0) is 25.7 Å². The molecular weight excluding hydrogens is 164 g/mol. The molecule has 2 aliphatic rings. The second-order valence-electron chi connectivity index (χ2n) is 4.08. The minimum Gasteiger partial charge on any atom is -0.353 e. The Labute approximate surface area is 78.4 Å². The van der Waals surface area contributed by atoms with Crippen molar-refractivity contribution in [3.63, 3.8) is 0 Å². The lowest BCUT2D eigenvalue weighted by Gasteiger charge is -2.32. The highest BCUT2D eigenvalue weighted by atomic mass is 16.2. The molecule has 0 bridgehead atoms. The zero-order valence-electron chi connectivity index (χ0n) is 7.70. The summed E-state index contributed by atoms with van der Waals surface area (Å²) in [5, 5.41) is 3.04.